The number of anilines is 1. The number of rotatable bonds is 6. The van der Waals surface area contributed by atoms with Gasteiger partial charge in [-0.05, 0) is 31.7 Å². The SMILES string of the molecule is CCNC(C)CC(=O)Nc1ccccc1-n1cccn1. The predicted octanol–water partition coefficient (Wildman–Crippen LogP) is 2.20. The molecule has 1 heterocycles. The summed E-state index contributed by atoms with van der Waals surface area (Å²) in [6.45, 7) is 4.89. The second-order valence-electron chi connectivity index (χ2n) is 4.68. The molecule has 2 rings (SSSR count). The zero-order chi connectivity index (χ0) is 14.4. The normalized spacial score (nSPS) is 12.1. The lowest BCUT2D eigenvalue weighted by Crippen LogP contribution is -2.30. The molecule has 2 N–H and O–H groups in total. The van der Waals surface area contributed by atoms with Crippen LogP contribution in [0.2, 0.25) is 0 Å². The van der Waals surface area contributed by atoms with Crippen LogP contribution in [0.4, 0.5) is 5.69 Å². The summed E-state index contributed by atoms with van der Waals surface area (Å²) in [5.74, 6) is -0.00180. The summed E-state index contributed by atoms with van der Waals surface area (Å²) < 4.78 is 1.74. The fourth-order valence-corrected chi connectivity index (χ4v) is 2.09. The summed E-state index contributed by atoms with van der Waals surface area (Å²) in [7, 11) is 0. The molecule has 1 atom stereocenters. The van der Waals surface area contributed by atoms with E-state index in [1.165, 1.54) is 0 Å². The van der Waals surface area contributed by atoms with E-state index in [1.807, 2.05) is 50.4 Å². The van der Waals surface area contributed by atoms with Gasteiger partial charge in [-0.15, -0.1) is 0 Å². The number of carbonyl (C=O) groups is 1. The van der Waals surface area contributed by atoms with Gasteiger partial charge in [-0.2, -0.15) is 5.10 Å². The Hall–Kier alpha value is -2.14. The molecule has 0 fully saturated rings. The van der Waals surface area contributed by atoms with Gasteiger partial charge in [0, 0.05) is 24.9 Å². The summed E-state index contributed by atoms with van der Waals surface area (Å²) in [6, 6.07) is 9.65. The number of benzene rings is 1. The molecule has 0 aliphatic heterocycles. The lowest BCUT2D eigenvalue weighted by atomic mass is 10.2. The van der Waals surface area contributed by atoms with Crippen molar-refractivity contribution >= 4 is 11.6 Å². The molecule has 0 bridgehead atoms. The summed E-state index contributed by atoms with van der Waals surface area (Å²) in [4.78, 5) is 12.0. The standard InChI is InChI=1S/C15H20N4O/c1-3-16-12(2)11-15(20)18-13-7-4-5-8-14(13)19-10-6-9-17-19/h4-10,12,16H,3,11H2,1-2H3,(H,18,20). The highest BCUT2D eigenvalue weighted by molar-refractivity contribution is 5.93. The molecule has 0 saturated heterocycles. The van der Waals surface area contributed by atoms with Crippen LogP contribution in [0.5, 0.6) is 0 Å². The van der Waals surface area contributed by atoms with Crippen LogP contribution in [0, 0.1) is 0 Å². The topological polar surface area (TPSA) is 59.0 Å². The average Bonchev–Trinajstić information content (AvgIpc) is 2.93. The number of carbonyl (C=O) groups excluding carboxylic acids is 1. The Morgan fingerprint density at radius 2 is 2.15 bits per heavy atom. The number of nitrogens with one attached hydrogen (secondary N) is 2. The largest absolute Gasteiger partial charge is 0.324 e. The van der Waals surface area contributed by atoms with Crippen molar-refractivity contribution in [1.29, 1.82) is 0 Å². The molecule has 20 heavy (non-hydrogen) atoms. The van der Waals surface area contributed by atoms with E-state index in [1.54, 1.807) is 10.9 Å². The predicted molar refractivity (Wildman–Crippen MR) is 79.9 cm³/mol. The van der Waals surface area contributed by atoms with Crippen molar-refractivity contribution < 1.29 is 4.79 Å². The Balaban J connectivity index is 2.08. The third kappa shape index (κ3) is 3.68. The van der Waals surface area contributed by atoms with Crippen molar-refractivity contribution in [3.63, 3.8) is 0 Å². The van der Waals surface area contributed by atoms with E-state index >= 15 is 0 Å². The molecule has 0 saturated carbocycles. The van der Waals surface area contributed by atoms with Crippen molar-refractivity contribution in [1.82, 2.24) is 15.1 Å². The number of amides is 1. The number of hydrogen-bond donors (Lipinski definition) is 2. The van der Waals surface area contributed by atoms with E-state index in [-0.39, 0.29) is 11.9 Å². The van der Waals surface area contributed by atoms with E-state index in [0.717, 1.165) is 17.9 Å². The highest BCUT2D eigenvalue weighted by atomic mass is 16.1. The van der Waals surface area contributed by atoms with Gasteiger partial charge in [0.2, 0.25) is 5.91 Å². The molecule has 1 amide bonds. The van der Waals surface area contributed by atoms with E-state index < -0.39 is 0 Å². The van der Waals surface area contributed by atoms with Crippen LogP contribution in [0.25, 0.3) is 5.69 Å². The van der Waals surface area contributed by atoms with E-state index in [4.69, 9.17) is 0 Å². The monoisotopic (exact) mass is 272 g/mol. The molecule has 0 aliphatic rings. The molecular formula is C15H20N4O. The smallest absolute Gasteiger partial charge is 0.225 e. The minimum atomic E-state index is -0.00180. The minimum absolute atomic E-state index is 0.00180. The molecule has 106 valence electrons. The first kappa shape index (κ1) is 14.3. The van der Waals surface area contributed by atoms with Gasteiger partial charge in [0.15, 0.2) is 0 Å². The van der Waals surface area contributed by atoms with Crippen LogP contribution in [-0.2, 0) is 4.79 Å². The van der Waals surface area contributed by atoms with Gasteiger partial charge in [-0.25, -0.2) is 4.68 Å². The maximum atomic E-state index is 12.0. The van der Waals surface area contributed by atoms with Gasteiger partial charge < -0.3 is 10.6 Å². The van der Waals surface area contributed by atoms with Gasteiger partial charge in [0.25, 0.3) is 0 Å². The van der Waals surface area contributed by atoms with Crippen LogP contribution in [0.15, 0.2) is 42.7 Å². The van der Waals surface area contributed by atoms with Crippen LogP contribution in [-0.4, -0.2) is 28.3 Å². The van der Waals surface area contributed by atoms with Crippen molar-refractivity contribution in [3.05, 3.63) is 42.7 Å². The first-order valence-electron chi connectivity index (χ1n) is 6.83. The Morgan fingerprint density at radius 3 is 2.85 bits per heavy atom. The summed E-state index contributed by atoms with van der Waals surface area (Å²) in [5.41, 5.74) is 1.63. The third-order valence-electron chi connectivity index (χ3n) is 2.97. The fraction of sp³-hybridized carbons (Fsp3) is 0.333. The lowest BCUT2D eigenvalue weighted by Gasteiger charge is -2.14. The first-order valence-corrected chi connectivity index (χ1v) is 6.83. The number of nitrogens with zero attached hydrogens (tertiary/aromatic N) is 2. The van der Waals surface area contributed by atoms with Gasteiger partial charge in [-0.3, -0.25) is 4.79 Å². The lowest BCUT2D eigenvalue weighted by molar-refractivity contribution is -0.116. The van der Waals surface area contributed by atoms with Crippen LogP contribution in [0.3, 0.4) is 0 Å². The fourth-order valence-electron chi connectivity index (χ4n) is 2.09. The van der Waals surface area contributed by atoms with E-state index in [0.29, 0.717) is 6.42 Å². The summed E-state index contributed by atoms with van der Waals surface area (Å²) in [5, 5.41) is 10.4. The van der Waals surface area contributed by atoms with Crippen molar-refractivity contribution in [2.24, 2.45) is 0 Å². The molecule has 5 heteroatoms. The summed E-state index contributed by atoms with van der Waals surface area (Å²) >= 11 is 0. The van der Waals surface area contributed by atoms with Crippen LogP contribution >= 0.6 is 0 Å². The second-order valence-corrected chi connectivity index (χ2v) is 4.68. The van der Waals surface area contributed by atoms with Gasteiger partial charge >= 0.3 is 0 Å². The highest BCUT2D eigenvalue weighted by Crippen LogP contribution is 2.19. The molecule has 0 aliphatic carbocycles. The molecule has 2 aromatic rings. The average molecular weight is 272 g/mol. The number of hydrogen-bond acceptors (Lipinski definition) is 3. The zero-order valence-corrected chi connectivity index (χ0v) is 11.8. The molecule has 5 nitrogen and oxygen atoms in total. The van der Waals surface area contributed by atoms with Crippen molar-refractivity contribution in [2.75, 3.05) is 11.9 Å². The number of aromatic nitrogens is 2. The van der Waals surface area contributed by atoms with Crippen molar-refractivity contribution in [2.45, 2.75) is 26.3 Å². The van der Waals surface area contributed by atoms with Gasteiger partial charge in [-0.1, -0.05) is 19.1 Å². The van der Waals surface area contributed by atoms with Gasteiger partial charge in [0.05, 0.1) is 11.4 Å². The number of para-hydroxylation sites is 2. The quantitative estimate of drug-likeness (QED) is 0.847. The Bertz CT molecular complexity index is 551. The highest BCUT2D eigenvalue weighted by Gasteiger charge is 2.11. The Labute approximate surface area is 119 Å². The van der Waals surface area contributed by atoms with Gasteiger partial charge in [0.1, 0.15) is 0 Å². The second kappa shape index (κ2) is 6.86. The maximum Gasteiger partial charge on any atom is 0.225 e. The third-order valence-corrected chi connectivity index (χ3v) is 2.97. The molecule has 1 aromatic carbocycles. The maximum absolute atomic E-state index is 12.0. The molecular weight excluding hydrogens is 252 g/mol. The minimum Gasteiger partial charge on any atom is -0.324 e. The molecule has 0 radical (unpaired) electrons. The van der Waals surface area contributed by atoms with Crippen LogP contribution in [0.1, 0.15) is 20.3 Å². The Morgan fingerprint density at radius 1 is 1.35 bits per heavy atom. The molecule has 0 spiro atoms. The summed E-state index contributed by atoms with van der Waals surface area (Å²) in [6.07, 6.45) is 4.01. The van der Waals surface area contributed by atoms with E-state index in [2.05, 4.69) is 15.7 Å². The Kier molecular flexibility index (Phi) is 4.90. The molecule has 1 unspecified atom stereocenters. The molecule has 1 aromatic heterocycles. The zero-order valence-electron chi connectivity index (χ0n) is 11.8. The first-order chi connectivity index (χ1) is 9.70. The van der Waals surface area contributed by atoms with E-state index in [9.17, 15) is 4.79 Å². The van der Waals surface area contributed by atoms with Crippen LogP contribution < -0.4 is 10.6 Å². The van der Waals surface area contributed by atoms with Crippen molar-refractivity contribution in [3.8, 4) is 5.69 Å².